The molecule has 0 spiro atoms. The fourth-order valence-corrected chi connectivity index (χ4v) is 7.41. The Labute approximate surface area is 235 Å². The SMILES string of the molecule is COc1ccc(OCc2ccccc2)c(OCc2ccccc2)c1CC1=C(C)CC[C@H]2C(C)(C)CCC[C@]12C. The van der Waals surface area contributed by atoms with E-state index in [2.05, 4.69) is 64.1 Å². The average Bonchev–Trinajstić information content (AvgIpc) is 2.93. The van der Waals surface area contributed by atoms with Crippen LogP contribution in [0, 0.1) is 16.7 Å². The molecule has 0 amide bonds. The lowest BCUT2D eigenvalue weighted by Crippen LogP contribution is -2.45. The van der Waals surface area contributed by atoms with Gasteiger partial charge in [-0.25, -0.2) is 0 Å². The first kappa shape index (κ1) is 27.4. The number of benzene rings is 3. The summed E-state index contributed by atoms with van der Waals surface area (Å²) in [7, 11) is 1.76. The average molecular weight is 525 g/mol. The lowest BCUT2D eigenvalue weighted by atomic mass is 9.50. The Bertz CT molecular complexity index is 1290. The molecule has 1 fully saturated rings. The highest BCUT2D eigenvalue weighted by Crippen LogP contribution is 2.60. The fraction of sp³-hybridized carbons (Fsp3) is 0.444. The first-order chi connectivity index (χ1) is 18.8. The number of rotatable bonds is 9. The van der Waals surface area contributed by atoms with Crippen LogP contribution in [0.15, 0.2) is 83.9 Å². The van der Waals surface area contributed by atoms with Crippen LogP contribution in [-0.2, 0) is 19.6 Å². The maximum Gasteiger partial charge on any atom is 0.168 e. The van der Waals surface area contributed by atoms with Crippen LogP contribution in [0.2, 0.25) is 0 Å². The molecule has 39 heavy (non-hydrogen) atoms. The molecule has 3 aromatic carbocycles. The van der Waals surface area contributed by atoms with Crippen molar-refractivity contribution in [3.63, 3.8) is 0 Å². The summed E-state index contributed by atoms with van der Waals surface area (Å²) >= 11 is 0. The van der Waals surface area contributed by atoms with Crippen molar-refractivity contribution in [1.29, 1.82) is 0 Å². The van der Waals surface area contributed by atoms with E-state index in [1.54, 1.807) is 12.7 Å². The quantitative estimate of drug-likeness (QED) is 0.261. The topological polar surface area (TPSA) is 27.7 Å². The predicted octanol–water partition coefficient (Wildman–Crippen LogP) is 9.34. The maximum absolute atomic E-state index is 6.64. The van der Waals surface area contributed by atoms with Gasteiger partial charge >= 0.3 is 0 Å². The molecule has 0 radical (unpaired) electrons. The summed E-state index contributed by atoms with van der Waals surface area (Å²) in [6, 6.07) is 24.7. The van der Waals surface area contributed by atoms with Crippen LogP contribution in [0.25, 0.3) is 0 Å². The van der Waals surface area contributed by atoms with Crippen LogP contribution >= 0.6 is 0 Å². The monoisotopic (exact) mass is 524 g/mol. The minimum atomic E-state index is 0.187. The second-order valence-corrected chi connectivity index (χ2v) is 12.4. The van der Waals surface area contributed by atoms with Crippen molar-refractivity contribution in [3.8, 4) is 17.2 Å². The molecule has 0 unspecified atom stereocenters. The van der Waals surface area contributed by atoms with Crippen molar-refractivity contribution in [2.75, 3.05) is 7.11 Å². The van der Waals surface area contributed by atoms with Crippen molar-refractivity contribution in [2.45, 2.75) is 79.4 Å². The van der Waals surface area contributed by atoms with Crippen molar-refractivity contribution >= 4 is 0 Å². The number of hydrogen-bond acceptors (Lipinski definition) is 3. The first-order valence-electron chi connectivity index (χ1n) is 14.5. The Morgan fingerprint density at radius 3 is 2.03 bits per heavy atom. The lowest BCUT2D eigenvalue weighted by molar-refractivity contribution is 0.0111. The van der Waals surface area contributed by atoms with E-state index >= 15 is 0 Å². The summed E-state index contributed by atoms with van der Waals surface area (Å²) in [6.07, 6.45) is 7.13. The zero-order valence-electron chi connectivity index (χ0n) is 24.4. The van der Waals surface area contributed by atoms with Crippen molar-refractivity contribution in [3.05, 3.63) is 101 Å². The molecule has 0 bridgehead atoms. The van der Waals surface area contributed by atoms with Gasteiger partial charge in [-0.3, -0.25) is 0 Å². The zero-order valence-corrected chi connectivity index (χ0v) is 24.4. The van der Waals surface area contributed by atoms with E-state index in [0.717, 1.165) is 40.4 Å². The second kappa shape index (κ2) is 11.5. The number of hydrogen-bond donors (Lipinski definition) is 0. The number of allylic oxidation sites excluding steroid dienone is 2. The standard InChI is InChI=1S/C36H44O3/c1-26-17-20-33-35(2,3)21-12-22-36(33,4)30(26)23-29-31(37-5)18-19-32(38-24-27-13-8-6-9-14-27)34(29)39-25-28-15-10-7-11-16-28/h6-11,13-16,18-19,33H,12,17,20-25H2,1-5H3/t33-,36+/m0/s1. The third-order valence-electron chi connectivity index (χ3n) is 9.46. The molecule has 3 aromatic rings. The van der Waals surface area contributed by atoms with Gasteiger partial charge < -0.3 is 14.2 Å². The number of methoxy groups -OCH3 is 1. The van der Waals surface area contributed by atoms with Gasteiger partial charge in [0.2, 0.25) is 0 Å². The first-order valence-corrected chi connectivity index (χ1v) is 14.5. The molecule has 0 saturated heterocycles. The minimum absolute atomic E-state index is 0.187. The van der Waals surface area contributed by atoms with Crippen molar-refractivity contribution in [2.24, 2.45) is 16.7 Å². The smallest absolute Gasteiger partial charge is 0.168 e. The van der Waals surface area contributed by atoms with Gasteiger partial charge in [-0.05, 0) is 72.6 Å². The Morgan fingerprint density at radius 1 is 0.769 bits per heavy atom. The highest BCUT2D eigenvalue weighted by atomic mass is 16.5. The number of fused-ring (bicyclic) bond motifs is 1. The van der Waals surface area contributed by atoms with E-state index in [1.165, 1.54) is 37.7 Å². The molecule has 5 rings (SSSR count). The van der Waals surface area contributed by atoms with Crippen LogP contribution in [-0.4, -0.2) is 7.11 Å². The van der Waals surface area contributed by atoms with Gasteiger partial charge in [-0.2, -0.15) is 0 Å². The molecule has 2 aliphatic rings. The van der Waals surface area contributed by atoms with Gasteiger partial charge in [0.25, 0.3) is 0 Å². The summed E-state index contributed by atoms with van der Waals surface area (Å²) in [5.41, 5.74) is 7.03. The Kier molecular flexibility index (Phi) is 8.07. The third-order valence-corrected chi connectivity index (χ3v) is 9.46. The zero-order chi connectivity index (χ0) is 27.5. The highest BCUT2D eigenvalue weighted by Gasteiger charge is 2.50. The van der Waals surface area contributed by atoms with E-state index in [1.807, 2.05) is 36.4 Å². The van der Waals surface area contributed by atoms with E-state index in [-0.39, 0.29) is 5.41 Å². The molecule has 1 saturated carbocycles. The summed E-state index contributed by atoms with van der Waals surface area (Å²) in [5.74, 6) is 3.13. The largest absolute Gasteiger partial charge is 0.496 e. The molecule has 206 valence electrons. The summed E-state index contributed by atoms with van der Waals surface area (Å²) < 4.78 is 19.1. The molecule has 0 heterocycles. The molecule has 2 aliphatic carbocycles. The van der Waals surface area contributed by atoms with E-state index in [9.17, 15) is 0 Å². The fourth-order valence-electron chi connectivity index (χ4n) is 7.41. The summed E-state index contributed by atoms with van der Waals surface area (Å²) in [5, 5.41) is 0. The third kappa shape index (κ3) is 5.73. The normalized spacial score (nSPS) is 22.2. The molecular weight excluding hydrogens is 480 g/mol. The Hall–Kier alpha value is -3.20. The van der Waals surface area contributed by atoms with Gasteiger partial charge in [-0.15, -0.1) is 0 Å². The van der Waals surface area contributed by atoms with Crippen LogP contribution in [0.1, 0.15) is 76.5 Å². The maximum atomic E-state index is 6.64. The van der Waals surface area contributed by atoms with Gasteiger partial charge in [0.05, 0.1) is 7.11 Å². The highest BCUT2D eigenvalue weighted by molar-refractivity contribution is 5.56. The van der Waals surface area contributed by atoms with Gasteiger partial charge in [0, 0.05) is 12.0 Å². The molecular formula is C36H44O3. The van der Waals surface area contributed by atoms with Gasteiger partial charge in [0.15, 0.2) is 11.5 Å². The predicted molar refractivity (Wildman–Crippen MR) is 159 cm³/mol. The van der Waals surface area contributed by atoms with Crippen LogP contribution in [0.4, 0.5) is 0 Å². The lowest BCUT2D eigenvalue weighted by Gasteiger charge is -2.55. The molecule has 3 nitrogen and oxygen atoms in total. The Balaban J connectivity index is 1.54. The summed E-state index contributed by atoms with van der Waals surface area (Å²) in [4.78, 5) is 0. The van der Waals surface area contributed by atoms with Gasteiger partial charge in [0.1, 0.15) is 19.0 Å². The van der Waals surface area contributed by atoms with Gasteiger partial charge in [-0.1, -0.05) is 99.0 Å². The van der Waals surface area contributed by atoms with Crippen molar-refractivity contribution in [1.82, 2.24) is 0 Å². The Morgan fingerprint density at radius 2 is 1.38 bits per heavy atom. The van der Waals surface area contributed by atoms with E-state index in [4.69, 9.17) is 14.2 Å². The second-order valence-electron chi connectivity index (χ2n) is 12.4. The summed E-state index contributed by atoms with van der Waals surface area (Å²) in [6.45, 7) is 10.8. The molecule has 0 N–H and O–H groups in total. The molecule has 0 aliphatic heterocycles. The number of ether oxygens (including phenoxy) is 3. The van der Waals surface area contributed by atoms with Crippen LogP contribution < -0.4 is 14.2 Å². The van der Waals surface area contributed by atoms with Crippen molar-refractivity contribution < 1.29 is 14.2 Å². The van der Waals surface area contributed by atoms with E-state index < -0.39 is 0 Å². The molecule has 2 atom stereocenters. The minimum Gasteiger partial charge on any atom is -0.496 e. The molecule has 0 aromatic heterocycles. The van der Waals surface area contributed by atoms with Crippen LogP contribution in [0.5, 0.6) is 17.2 Å². The van der Waals surface area contributed by atoms with Crippen LogP contribution in [0.3, 0.4) is 0 Å². The molecule has 3 heteroatoms. The van der Waals surface area contributed by atoms with E-state index in [0.29, 0.717) is 24.5 Å².